The number of nitrogens with two attached hydrogens (primary N) is 1. The lowest BCUT2D eigenvalue weighted by Gasteiger charge is -2.25. The van der Waals surface area contributed by atoms with Gasteiger partial charge in [-0.25, -0.2) is 8.42 Å². The van der Waals surface area contributed by atoms with E-state index in [-0.39, 0.29) is 12.6 Å². The molecule has 2 N–H and O–H groups in total. The van der Waals surface area contributed by atoms with Crippen LogP contribution in [0.1, 0.15) is 19.4 Å². The van der Waals surface area contributed by atoms with E-state index in [2.05, 4.69) is 4.74 Å². The van der Waals surface area contributed by atoms with Gasteiger partial charge in [-0.1, -0.05) is 12.1 Å². The minimum Gasteiger partial charge on any atom is -0.468 e. The molecule has 0 bridgehead atoms. The van der Waals surface area contributed by atoms with Gasteiger partial charge in [0.15, 0.2) is 5.75 Å². The van der Waals surface area contributed by atoms with Gasteiger partial charge >= 0.3 is 5.97 Å². The molecule has 112 valence electrons. The molecule has 6 nitrogen and oxygen atoms in total. The standard InChI is InChI=1S/C13H20N2O4S/c1-10(2)15(20(17,18)9-13(16)19-3)8-11-4-6-12(14)7-5-11/h4-7,10H,8-9,14H2,1-3H3. The normalized spacial score (nSPS) is 11.8. The molecule has 0 unspecified atom stereocenters. The maximum Gasteiger partial charge on any atom is 0.322 e. The molecular weight excluding hydrogens is 280 g/mol. The number of benzene rings is 1. The first-order valence-electron chi connectivity index (χ1n) is 6.17. The van der Waals surface area contributed by atoms with E-state index in [9.17, 15) is 13.2 Å². The molecule has 1 aromatic carbocycles. The maximum atomic E-state index is 12.2. The zero-order valence-corrected chi connectivity index (χ0v) is 12.7. The van der Waals surface area contributed by atoms with Crippen molar-refractivity contribution in [3.8, 4) is 0 Å². The molecule has 20 heavy (non-hydrogen) atoms. The first-order chi connectivity index (χ1) is 9.26. The average Bonchev–Trinajstić information content (AvgIpc) is 2.36. The topological polar surface area (TPSA) is 89.7 Å². The fourth-order valence-corrected chi connectivity index (χ4v) is 3.27. The van der Waals surface area contributed by atoms with E-state index in [0.29, 0.717) is 5.69 Å². The zero-order valence-electron chi connectivity index (χ0n) is 11.9. The highest BCUT2D eigenvalue weighted by molar-refractivity contribution is 7.89. The minimum absolute atomic E-state index is 0.192. The average molecular weight is 300 g/mol. The molecule has 0 saturated carbocycles. The van der Waals surface area contributed by atoms with Crippen LogP contribution in [0.3, 0.4) is 0 Å². The Balaban J connectivity index is 2.94. The number of carbonyl (C=O) groups excluding carboxylic acids is 1. The Morgan fingerprint density at radius 1 is 1.30 bits per heavy atom. The van der Waals surface area contributed by atoms with Crippen molar-refractivity contribution in [1.82, 2.24) is 4.31 Å². The van der Waals surface area contributed by atoms with Gasteiger partial charge in [-0.05, 0) is 31.5 Å². The van der Waals surface area contributed by atoms with Gasteiger partial charge in [0.2, 0.25) is 10.0 Å². The second kappa shape index (κ2) is 6.71. The molecule has 1 aromatic rings. The van der Waals surface area contributed by atoms with E-state index in [1.165, 1.54) is 4.31 Å². The number of hydrogen-bond donors (Lipinski definition) is 1. The van der Waals surface area contributed by atoms with Gasteiger partial charge < -0.3 is 10.5 Å². The van der Waals surface area contributed by atoms with Crippen LogP contribution in [0.25, 0.3) is 0 Å². The lowest BCUT2D eigenvalue weighted by Crippen LogP contribution is -2.39. The lowest BCUT2D eigenvalue weighted by atomic mass is 10.2. The molecule has 0 fully saturated rings. The number of nitrogen functional groups attached to an aromatic ring is 1. The van der Waals surface area contributed by atoms with Gasteiger partial charge in [-0.2, -0.15) is 4.31 Å². The van der Waals surface area contributed by atoms with Crippen molar-refractivity contribution < 1.29 is 17.9 Å². The number of sulfonamides is 1. The predicted molar refractivity (Wildman–Crippen MR) is 77.3 cm³/mol. The van der Waals surface area contributed by atoms with Gasteiger partial charge in [-0.15, -0.1) is 0 Å². The number of methoxy groups -OCH3 is 1. The summed E-state index contributed by atoms with van der Waals surface area (Å²) in [5.41, 5.74) is 7.01. The highest BCUT2D eigenvalue weighted by Crippen LogP contribution is 2.15. The first kappa shape index (κ1) is 16.5. The molecule has 1 rings (SSSR count). The Morgan fingerprint density at radius 2 is 1.85 bits per heavy atom. The van der Waals surface area contributed by atoms with Crippen molar-refractivity contribution in [2.24, 2.45) is 0 Å². The van der Waals surface area contributed by atoms with Crippen molar-refractivity contribution in [3.05, 3.63) is 29.8 Å². The van der Waals surface area contributed by atoms with Crippen LogP contribution in [0, 0.1) is 0 Å². The van der Waals surface area contributed by atoms with Crippen LogP contribution in [-0.4, -0.2) is 37.6 Å². The Kier molecular flexibility index (Phi) is 5.52. The largest absolute Gasteiger partial charge is 0.468 e. The Labute approximate surface area is 119 Å². The third-order valence-corrected chi connectivity index (χ3v) is 4.65. The fourth-order valence-electron chi connectivity index (χ4n) is 1.70. The Bertz CT molecular complexity index is 552. The van der Waals surface area contributed by atoms with Crippen LogP contribution in [0.5, 0.6) is 0 Å². The van der Waals surface area contributed by atoms with Crippen LogP contribution < -0.4 is 5.73 Å². The molecular formula is C13H20N2O4S. The number of carbonyl (C=O) groups is 1. The van der Waals surface area contributed by atoms with E-state index in [1.54, 1.807) is 38.1 Å². The van der Waals surface area contributed by atoms with E-state index in [1.807, 2.05) is 0 Å². The Hall–Kier alpha value is -1.60. The monoisotopic (exact) mass is 300 g/mol. The minimum atomic E-state index is -3.71. The highest BCUT2D eigenvalue weighted by atomic mass is 32.2. The van der Waals surface area contributed by atoms with Crippen molar-refractivity contribution in [2.75, 3.05) is 18.6 Å². The van der Waals surface area contributed by atoms with Crippen molar-refractivity contribution in [2.45, 2.75) is 26.4 Å². The van der Waals surface area contributed by atoms with Gasteiger partial charge in [0.05, 0.1) is 7.11 Å². The molecule has 0 aliphatic carbocycles. The van der Waals surface area contributed by atoms with Crippen molar-refractivity contribution in [1.29, 1.82) is 0 Å². The second-order valence-corrected chi connectivity index (χ2v) is 6.63. The van der Waals surface area contributed by atoms with E-state index in [0.717, 1.165) is 12.7 Å². The van der Waals surface area contributed by atoms with Crippen molar-refractivity contribution in [3.63, 3.8) is 0 Å². The van der Waals surface area contributed by atoms with Crippen LogP contribution >= 0.6 is 0 Å². The molecule has 0 radical (unpaired) electrons. The third kappa shape index (κ3) is 4.50. The molecule has 0 amide bonds. The summed E-state index contributed by atoms with van der Waals surface area (Å²) in [5, 5.41) is 0. The highest BCUT2D eigenvalue weighted by Gasteiger charge is 2.28. The van der Waals surface area contributed by atoms with Gasteiger partial charge in [0.1, 0.15) is 0 Å². The van der Waals surface area contributed by atoms with Crippen molar-refractivity contribution >= 4 is 21.7 Å². The molecule has 0 spiro atoms. The van der Waals surface area contributed by atoms with Crippen LogP contribution in [-0.2, 0) is 26.1 Å². The summed E-state index contributed by atoms with van der Waals surface area (Å²) in [6.07, 6.45) is 0. The number of esters is 1. The number of ether oxygens (including phenoxy) is 1. The predicted octanol–water partition coefficient (Wildman–Crippen LogP) is 0.982. The number of nitrogens with zero attached hydrogens (tertiary/aromatic N) is 1. The quantitative estimate of drug-likeness (QED) is 0.625. The van der Waals surface area contributed by atoms with E-state index < -0.39 is 21.7 Å². The summed E-state index contributed by atoms with van der Waals surface area (Å²) < 4.78 is 30.1. The van der Waals surface area contributed by atoms with Crippen LogP contribution in [0.2, 0.25) is 0 Å². The summed E-state index contributed by atoms with van der Waals surface area (Å²) in [7, 11) is -2.55. The fraction of sp³-hybridized carbons (Fsp3) is 0.462. The zero-order chi connectivity index (χ0) is 15.3. The third-order valence-electron chi connectivity index (χ3n) is 2.78. The smallest absolute Gasteiger partial charge is 0.322 e. The van der Waals surface area contributed by atoms with Crippen LogP contribution in [0.15, 0.2) is 24.3 Å². The maximum absolute atomic E-state index is 12.2. The summed E-state index contributed by atoms with van der Waals surface area (Å²) in [4.78, 5) is 11.2. The molecule has 0 atom stereocenters. The second-order valence-electron chi connectivity index (χ2n) is 4.71. The molecule has 0 aliphatic rings. The summed E-state index contributed by atoms with van der Waals surface area (Å²) >= 11 is 0. The number of anilines is 1. The Morgan fingerprint density at radius 3 is 2.30 bits per heavy atom. The van der Waals surface area contributed by atoms with Gasteiger partial charge in [0.25, 0.3) is 0 Å². The summed E-state index contributed by atoms with van der Waals surface area (Å²) in [6, 6.07) is 6.68. The van der Waals surface area contributed by atoms with Gasteiger partial charge in [-0.3, -0.25) is 4.79 Å². The van der Waals surface area contributed by atoms with E-state index in [4.69, 9.17) is 5.73 Å². The molecule has 0 aromatic heterocycles. The summed E-state index contributed by atoms with van der Waals surface area (Å²) in [6.45, 7) is 3.70. The van der Waals surface area contributed by atoms with Gasteiger partial charge in [0, 0.05) is 18.3 Å². The van der Waals surface area contributed by atoms with E-state index >= 15 is 0 Å². The lowest BCUT2D eigenvalue weighted by molar-refractivity contribution is -0.137. The first-order valence-corrected chi connectivity index (χ1v) is 7.78. The SMILES string of the molecule is COC(=O)CS(=O)(=O)N(Cc1ccc(N)cc1)C(C)C. The summed E-state index contributed by atoms with van der Waals surface area (Å²) in [5.74, 6) is -1.43. The molecule has 0 aliphatic heterocycles. The molecule has 7 heteroatoms. The number of hydrogen-bond acceptors (Lipinski definition) is 5. The molecule has 0 saturated heterocycles. The van der Waals surface area contributed by atoms with Crippen LogP contribution in [0.4, 0.5) is 5.69 Å². The number of rotatable bonds is 6. The molecule has 0 heterocycles.